The van der Waals surface area contributed by atoms with Crippen molar-refractivity contribution in [2.24, 2.45) is 0 Å². The number of rotatable bonds is 3. The Balaban J connectivity index is 2.69. The normalized spacial score (nSPS) is 9.00. The number of hydrogen-bond acceptors (Lipinski definition) is 1. The van der Waals surface area contributed by atoms with Gasteiger partial charge in [0.15, 0.2) is 0 Å². The Hall–Kier alpha value is -0.940. The molecule has 2 heteroatoms. The van der Waals surface area contributed by atoms with Gasteiger partial charge in [-0.1, -0.05) is 33.8 Å². The van der Waals surface area contributed by atoms with E-state index < -0.39 is 0 Å². The van der Waals surface area contributed by atoms with Gasteiger partial charge in [0.2, 0.25) is 0 Å². The molecule has 0 aliphatic rings. The third-order valence-electron chi connectivity index (χ3n) is 1.60. The maximum atomic E-state index is 5.38. The molecule has 14 heavy (non-hydrogen) atoms. The average molecular weight is 253 g/mol. The van der Waals surface area contributed by atoms with Gasteiger partial charge in [0, 0.05) is 17.3 Å². The fourth-order valence-corrected chi connectivity index (χ4v) is 1.24. The summed E-state index contributed by atoms with van der Waals surface area (Å²) in [6, 6.07) is 7.86. The molecule has 0 bridgehead atoms. The van der Waals surface area contributed by atoms with E-state index in [1.807, 2.05) is 31.2 Å². The third kappa shape index (κ3) is 3.85. The molecule has 1 rings (SSSR count). The molecular formula is C12H13BrO. The van der Waals surface area contributed by atoms with Crippen LogP contribution >= 0.6 is 15.9 Å². The molecule has 0 aromatic heterocycles. The molecule has 0 heterocycles. The van der Waals surface area contributed by atoms with E-state index in [1.165, 1.54) is 0 Å². The van der Waals surface area contributed by atoms with Gasteiger partial charge >= 0.3 is 0 Å². The fourth-order valence-electron chi connectivity index (χ4n) is 1.04. The van der Waals surface area contributed by atoms with Crippen LogP contribution in [0.1, 0.15) is 18.9 Å². The van der Waals surface area contributed by atoms with Gasteiger partial charge in [0.05, 0.1) is 6.61 Å². The highest BCUT2D eigenvalue weighted by atomic mass is 79.9. The zero-order valence-corrected chi connectivity index (χ0v) is 9.80. The molecule has 1 nitrogen and oxygen atoms in total. The van der Waals surface area contributed by atoms with Gasteiger partial charge in [-0.3, -0.25) is 0 Å². The Labute approximate surface area is 93.6 Å². The smallest absolute Gasteiger partial charge is 0.120 e. The predicted octanol–water partition coefficient (Wildman–Crippen LogP) is 3.22. The maximum absolute atomic E-state index is 5.38. The first-order valence-electron chi connectivity index (χ1n) is 4.64. The van der Waals surface area contributed by atoms with Crippen LogP contribution in [0.2, 0.25) is 0 Å². The highest BCUT2D eigenvalue weighted by Crippen LogP contribution is 2.12. The van der Waals surface area contributed by atoms with Crippen LogP contribution in [0, 0.1) is 11.8 Å². The van der Waals surface area contributed by atoms with Gasteiger partial charge in [0.1, 0.15) is 5.75 Å². The standard InChI is InChI=1S/C12H13BrO/c1-2-14-12-8-5-7-11(10-12)6-3-4-9-13/h5,7-8,10H,2,4,9H2,1H3. The Bertz CT molecular complexity index is 336. The summed E-state index contributed by atoms with van der Waals surface area (Å²) >= 11 is 3.34. The first kappa shape index (κ1) is 11.1. The second-order valence-corrected chi connectivity index (χ2v) is 3.49. The molecule has 0 aliphatic heterocycles. The van der Waals surface area contributed by atoms with E-state index in [-0.39, 0.29) is 0 Å². The molecule has 74 valence electrons. The summed E-state index contributed by atoms with van der Waals surface area (Å²) in [6.45, 7) is 2.67. The van der Waals surface area contributed by atoms with Gasteiger partial charge in [0.25, 0.3) is 0 Å². The topological polar surface area (TPSA) is 9.23 Å². The van der Waals surface area contributed by atoms with Gasteiger partial charge in [-0.05, 0) is 25.1 Å². The van der Waals surface area contributed by atoms with Crippen LogP contribution in [0.25, 0.3) is 0 Å². The molecule has 1 aromatic carbocycles. The van der Waals surface area contributed by atoms with Crippen molar-refractivity contribution in [2.45, 2.75) is 13.3 Å². The maximum Gasteiger partial charge on any atom is 0.120 e. The molecule has 0 N–H and O–H groups in total. The zero-order valence-electron chi connectivity index (χ0n) is 8.22. The summed E-state index contributed by atoms with van der Waals surface area (Å²) in [5.74, 6) is 7.04. The molecule has 1 aromatic rings. The predicted molar refractivity (Wildman–Crippen MR) is 62.9 cm³/mol. The summed E-state index contributed by atoms with van der Waals surface area (Å²) in [5, 5.41) is 0.922. The van der Waals surface area contributed by atoms with E-state index in [2.05, 4.69) is 27.8 Å². The van der Waals surface area contributed by atoms with E-state index in [9.17, 15) is 0 Å². The lowest BCUT2D eigenvalue weighted by Crippen LogP contribution is -1.91. The SMILES string of the molecule is CCOc1cccc(C#CCCBr)c1. The van der Waals surface area contributed by atoms with Crippen molar-refractivity contribution < 1.29 is 4.74 Å². The molecule has 0 atom stereocenters. The van der Waals surface area contributed by atoms with Crippen molar-refractivity contribution in [3.63, 3.8) is 0 Å². The summed E-state index contributed by atoms with van der Waals surface area (Å²) in [7, 11) is 0. The number of halogens is 1. The monoisotopic (exact) mass is 252 g/mol. The molecule has 0 fully saturated rings. The summed E-state index contributed by atoms with van der Waals surface area (Å²) < 4.78 is 5.38. The van der Waals surface area contributed by atoms with Crippen molar-refractivity contribution in [1.82, 2.24) is 0 Å². The minimum atomic E-state index is 0.693. The quantitative estimate of drug-likeness (QED) is 0.593. The largest absolute Gasteiger partial charge is 0.494 e. The first-order valence-corrected chi connectivity index (χ1v) is 5.76. The summed E-state index contributed by atoms with van der Waals surface area (Å²) in [5.41, 5.74) is 1.01. The van der Waals surface area contributed by atoms with Crippen LogP contribution in [0.15, 0.2) is 24.3 Å². The van der Waals surface area contributed by atoms with Crippen LogP contribution in [0.5, 0.6) is 5.75 Å². The molecular weight excluding hydrogens is 240 g/mol. The Kier molecular flexibility index (Phi) is 5.17. The lowest BCUT2D eigenvalue weighted by atomic mass is 10.2. The van der Waals surface area contributed by atoms with Gasteiger partial charge in [-0.25, -0.2) is 0 Å². The highest BCUT2D eigenvalue weighted by Gasteiger charge is 1.91. The van der Waals surface area contributed by atoms with E-state index >= 15 is 0 Å². The first-order chi connectivity index (χ1) is 6.86. The minimum absolute atomic E-state index is 0.693. The summed E-state index contributed by atoms with van der Waals surface area (Å²) in [4.78, 5) is 0. The lowest BCUT2D eigenvalue weighted by Gasteiger charge is -2.01. The lowest BCUT2D eigenvalue weighted by molar-refractivity contribution is 0.340. The van der Waals surface area contributed by atoms with E-state index in [1.54, 1.807) is 0 Å². The Morgan fingerprint density at radius 2 is 2.29 bits per heavy atom. The second-order valence-electron chi connectivity index (χ2n) is 2.70. The number of ether oxygens (including phenoxy) is 1. The van der Waals surface area contributed by atoms with E-state index in [0.717, 1.165) is 23.1 Å². The van der Waals surface area contributed by atoms with E-state index in [0.29, 0.717) is 6.61 Å². The molecule has 0 saturated heterocycles. The average Bonchev–Trinajstić information content (AvgIpc) is 2.19. The fraction of sp³-hybridized carbons (Fsp3) is 0.333. The number of alkyl halides is 1. The third-order valence-corrected chi connectivity index (χ3v) is 1.99. The van der Waals surface area contributed by atoms with Gasteiger partial charge < -0.3 is 4.74 Å². The molecule has 0 spiro atoms. The Morgan fingerprint density at radius 3 is 3.00 bits per heavy atom. The molecule has 0 amide bonds. The highest BCUT2D eigenvalue weighted by molar-refractivity contribution is 9.09. The van der Waals surface area contributed by atoms with E-state index in [4.69, 9.17) is 4.74 Å². The number of benzene rings is 1. The van der Waals surface area contributed by atoms with Crippen molar-refractivity contribution >= 4 is 15.9 Å². The van der Waals surface area contributed by atoms with Gasteiger partial charge in [-0.15, -0.1) is 0 Å². The minimum Gasteiger partial charge on any atom is -0.494 e. The Morgan fingerprint density at radius 1 is 1.43 bits per heavy atom. The molecule has 0 saturated carbocycles. The zero-order chi connectivity index (χ0) is 10.2. The number of hydrogen-bond donors (Lipinski definition) is 0. The molecule has 0 aliphatic carbocycles. The van der Waals surface area contributed by atoms with Crippen molar-refractivity contribution in [3.8, 4) is 17.6 Å². The molecule has 0 radical (unpaired) electrons. The second kappa shape index (κ2) is 6.50. The van der Waals surface area contributed by atoms with Crippen LogP contribution in [-0.2, 0) is 0 Å². The van der Waals surface area contributed by atoms with Crippen LogP contribution in [-0.4, -0.2) is 11.9 Å². The summed E-state index contributed by atoms with van der Waals surface area (Å²) in [6.07, 6.45) is 0.874. The van der Waals surface area contributed by atoms with Crippen molar-refractivity contribution in [2.75, 3.05) is 11.9 Å². The van der Waals surface area contributed by atoms with Gasteiger partial charge in [-0.2, -0.15) is 0 Å². The van der Waals surface area contributed by atoms with Crippen LogP contribution in [0.3, 0.4) is 0 Å². The van der Waals surface area contributed by atoms with Crippen molar-refractivity contribution in [1.29, 1.82) is 0 Å². The van der Waals surface area contributed by atoms with Crippen molar-refractivity contribution in [3.05, 3.63) is 29.8 Å². The van der Waals surface area contributed by atoms with Crippen LogP contribution in [0.4, 0.5) is 0 Å². The molecule has 0 unspecified atom stereocenters. The van der Waals surface area contributed by atoms with Crippen LogP contribution < -0.4 is 4.74 Å².